The minimum atomic E-state index is -0.806. The molecule has 6 heteroatoms. The number of nitrogens with one attached hydrogen (secondary N) is 1. The predicted molar refractivity (Wildman–Crippen MR) is 109 cm³/mol. The smallest absolute Gasteiger partial charge is 0.317 e. The van der Waals surface area contributed by atoms with Gasteiger partial charge in [-0.25, -0.2) is 4.79 Å². The van der Waals surface area contributed by atoms with Gasteiger partial charge in [0.2, 0.25) is 0 Å². The SMILES string of the molecule is CN(CC(=O)O)C1CCCN(C(=O)NC2c3ccccc3CCC2(C)C)CC1. The zero-order valence-corrected chi connectivity index (χ0v) is 17.3. The van der Waals surface area contributed by atoms with Crippen molar-refractivity contribution in [3.8, 4) is 0 Å². The van der Waals surface area contributed by atoms with Gasteiger partial charge in [-0.2, -0.15) is 0 Å². The van der Waals surface area contributed by atoms with Gasteiger partial charge in [-0.15, -0.1) is 0 Å². The number of likely N-dealkylation sites (N-methyl/N-ethyl adjacent to an activating group) is 1. The highest BCUT2D eigenvalue weighted by Gasteiger charge is 2.37. The van der Waals surface area contributed by atoms with Crippen molar-refractivity contribution in [2.45, 2.75) is 58.0 Å². The number of urea groups is 1. The maximum atomic E-state index is 13.1. The van der Waals surface area contributed by atoms with E-state index < -0.39 is 5.97 Å². The summed E-state index contributed by atoms with van der Waals surface area (Å²) in [5.41, 5.74) is 2.58. The summed E-state index contributed by atoms with van der Waals surface area (Å²) in [6.07, 6.45) is 4.73. The van der Waals surface area contributed by atoms with Gasteiger partial charge in [-0.05, 0) is 55.7 Å². The number of fused-ring (bicyclic) bond motifs is 1. The minimum Gasteiger partial charge on any atom is -0.480 e. The van der Waals surface area contributed by atoms with Crippen LogP contribution in [0.25, 0.3) is 0 Å². The molecule has 0 saturated carbocycles. The highest BCUT2D eigenvalue weighted by atomic mass is 16.4. The Labute approximate surface area is 167 Å². The topological polar surface area (TPSA) is 72.9 Å². The molecule has 2 atom stereocenters. The molecule has 3 rings (SSSR count). The van der Waals surface area contributed by atoms with E-state index in [0.717, 1.165) is 38.6 Å². The number of aliphatic carboxylic acids is 1. The van der Waals surface area contributed by atoms with Crippen LogP contribution in [-0.2, 0) is 11.2 Å². The Morgan fingerprint density at radius 1 is 1.25 bits per heavy atom. The number of likely N-dealkylation sites (tertiary alicyclic amines) is 1. The molecule has 1 aromatic rings. The van der Waals surface area contributed by atoms with Crippen molar-refractivity contribution in [1.29, 1.82) is 0 Å². The summed E-state index contributed by atoms with van der Waals surface area (Å²) in [4.78, 5) is 27.9. The summed E-state index contributed by atoms with van der Waals surface area (Å²) in [6, 6.07) is 8.64. The number of hydrogen-bond donors (Lipinski definition) is 2. The van der Waals surface area contributed by atoms with Gasteiger partial charge in [-0.1, -0.05) is 38.1 Å². The lowest BCUT2D eigenvalue weighted by atomic mass is 9.70. The van der Waals surface area contributed by atoms with Crippen molar-refractivity contribution in [1.82, 2.24) is 15.1 Å². The van der Waals surface area contributed by atoms with Crippen LogP contribution in [0.4, 0.5) is 4.79 Å². The Balaban J connectivity index is 1.65. The maximum Gasteiger partial charge on any atom is 0.317 e. The molecule has 0 spiro atoms. The van der Waals surface area contributed by atoms with Gasteiger partial charge < -0.3 is 15.3 Å². The van der Waals surface area contributed by atoms with E-state index in [4.69, 9.17) is 5.11 Å². The normalized spacial score (nSPS) is 24.4. The van der Waals surface area contributed by atoms with Gasteiger partial charge >= 0.3 is 12.0 Å². The number of hydrogen-bond acceptors (Lipinski definition) is 3. The highest BCUT2D eigenvalue weighted by molar-refractivity contribution is 5.75. The molecule has 1 saturated heterocycles. The van der Waals surface area contributed by atoms with Gasteiger partial charge in [0.15, 0.2) is 0 Å². The van der Waals surface area contributed by atoms with Crippen LogP contribution in [0, 0.1) is 5.41 Å². The maximum absolute atomic E-state index is 13.1. The quantitative estimate of drug-likeness (QED) is 0.832. The molecule has 1 aliphatic carbocycles. The fourth-order valence-electron chi connectivity index (χ4n) is 4.62. The van der Waals surface area contributed by atoms with Crippen LogP contribution in [0.2, 0.25) is 0 Å². The van der Waals surface area contributed by atoms with Gasteiger partial charge in [0.1, 0.15) is 0 Å². The van der Waals surface area contributed by atoms with E-state index in [9.17, 15) is 9.59 Å². The van der Waals surface area contributed by atoms with E-state index in [1.807, 2.05) is 22.9 Å². The molecule has 2 unspecified atom stereocenters. The average Bonchev–Trinajstić information content (AvgIpc) is 2.90. The van der Waals surface area contributed by atoms with Crippen molar-refractivity contribution in [3.63, 3.8) is 0 Å². The standard InChI is InChI=1S/C22H33N3O3/c1-22(2)12-10-16-7-4-5-9-18(16)20(22)23-21(28)25-13-6-8-17(11-14-25)24(3)15-19(26)27/h4-5,7,9,17,20H,6,8,10-15H2,1-3H3,(H,23,28)(H,26,27). The second-order valence-electron chi connectivity index (χ2n) is 8.95. The Morgan fingerprint density at radius 2 is 2.00 bits per heavy atom. The van der Waals surface area contributed by atoms with Gasteiger partial charge in [0.25, 0.3) is 0 Å². The first-order chi connectivity index (χ1) is 13.3. The molecule has 1 aliphatic heterocycles. The fraction of sp³-hybridized carbons (Fsp3) is 0.636. The van der Waals surface area contributed by atoms with E-state index in [1.165, 1.54) is 11.1 Å². The number of rotatable bonds is 4. The minimum absolute atomic E-state index is 0.00341. The summed E-state index contributed by atoms with van der Waals surface area (Å²) in [5.74, 6) is -0.806. The molecule has 2 amide bonds. The molecule has 6 nitrogen and oxygen atoms in total. The third kappa shape index (κ3) is 4.66. The monoisotopic (exact) mass is 387 g/mol. The second kappa shape index (κ2) is 8.52. The lowest BCUT2D eigenvalue weighted by molar-refractivity contribution is -0.138. The van der Waals surface area contributed by atoms with Crippen molar-refractivity contribution in [3.05, 3.63) is 35.4 Å². The number of carboxylic acids is 1. The molecular weight excluding hydrogens is 354 g/mol. The molecule has 154 valence electrons. The highest BCUT2D eigenvalue weighted by Crippen LogP contribution is 2.43. The zero-order chi connectivity index (χ0) is 20.3. The van der Waals surface area contributed by atoms with Crippen LogP contribution in [0.1, 0.15) is 56.7 Å². The number of benzene rings is 1. The largest absolute Gasteiger partial charge is 0.480 e. The van der Waals surface area contributed by atoms with Crippen molar-refractivity contribution < 1.29 is 14.7 Å². The van der Waals surface area contributed by atoms with E-state index in [0.29, 0.717) is 6.54 Å². The number of amides is 2. The molecule has 0 radical (unpaired) electrons. The van der Waals surface area contributed by atoms with Crippen molar-refractivity contribution in [2.24, 2.45) is 5.41 Å². The summed E-state index contributed by atoms with van der Waals surface area (Å²) >= 11 is 0. The Hall–Kier alpha value is -2.08. The molecule has 0 bridgehead atoms. The van der Waals surface area contributed by atoms with E-state index >= 15 is 0 Å². The van der Waals surface area contributed by atoms with Gasteiger partial charge in [-0.3, -0.25) is 9.69 Å². The molecule has 1 aromatic carbocycles. The lowest BCUT2D eigenvalue weighted by Gasteiger charge is -2.41. The first kappa shape index (κ1) is 20.6. The van der Waals surface area contributed by atoms with Crippen molar-refractivity contribution >= 4 is 12.0 Å². The third-order valence-electron chi connectivity index (χ3n) is 6.45. The van der Waals surface area contributed by atoms with Crippen LogP contribution in [0.3, 0.4) is 0 Å². The summed E-state index contributed by atoms with van der Waals surface area (Å²) in [7, 11) is 1.86. The molecule has 2 aliphatic rings. The number of aryl methyl sites for hydroxylation is 1. The molecule has 2 N–H and O–H groups in total. The lowest BCUT2D eigenvalue weighted by Crippen LogP contribution is -2.47. The van der Waals surface area contributed by atoms with Crippen molar-refractivity contribution in [2.75, 3.05) is 26.7 Å². The fourth-order valence-corrected chi connectivity index (χ4v) is 4.62. The predicted octanol–water partition coefficient (Wildman–Crippen LogP) is 3.28. The number of carbonyl (C=O) groups excluding carboxylic acids is 1. The number of carbonyl (C=O) groups is 2. The third-order valence-corrected chi connectivity index (χ3v) is 6.45. The summed E-state index contributed by atoms with van der Waals surface area (Å²) in [5, 5.41) is 12.3. The zero-order valence-electron chi connectivity index (χ0n) is 17.3. The number of nitrogens with zero attached hydrogens (tertiary/aromatic N) is 2. The second-order valence-corrected chi connectivity index (χ2v) is 8.95. The van der Waals surface area contributed by atoms with Crippen LogP contribution in [-0.4, -0.2) is 59.6 Å². The van der Waals surface area contributed by atoms with E-state index in [1.54, 1.807) is 0 Å². The summed E-state index contributed by atoms with van der Waals surface area (Å²) < 4.78 is 0. The Kier molecular flexibility index (Phi) is 6.28. The molecule has 28 heavy (non-hydrogen) atoms. The van der Waals surface area contributed by atoms with Gasteiger partial charge in [0.05, 0.1) is 12.6 Å². The molecular formula is C22H33N3O3. The molecule has 1 heterocycles. The first-order valence-electron chi connectivity index (χ1n) is 10.3. The average molecular weight is 388 g/mol. The van der Waals surface area contributed by atoms with Crippen LogP contribution < -0.4 is 5.32 Å². The van der Waals surface area contributed by atoms with E-state index in [2.05, 4.69) is 37.4 Å². The van der Waals surface area contributed by atoms with Gasteiger partial charge in [0, 0.05) is 19.1 Å². The Morgan fingerprint density at radius 3 is 2.75 bits per heavy atom. The van der Waals surface area contributed by atoms with Crippen LogP contribution in [0.15, 0.2) is 24.3 Å². The number of carboxylic acid groups (broad SMARTS) is 1. The van der Waals surface area contributed by atoms with Crippen LogP contribution >= 0.6 is 0 Å². The molecule has 0 aromatic heterocycles. The first-order valence-corrected chi connectivity index (χ1v) is 10.3. The Bertz CT molecular complexity index is 719. The molecule has 1 fully saturated rings. The summed E-state index contributed by atoms with van der Waals surface area (Å²) in [6.45, 7) is 5.89. The van der Waals surface area contributed by atoms with E-state index in [-0.39, 0.29) is 30.1 Å². The van der Waals surface area contributed by atoms with Crippen LogP contribution in [0.5, 0.6) is 0 Å².